The van der Waals surface area contributed by atoms with Crippen molar-refractivity contribution in [2.75, 3.05) is 13.1 Å². The maximum atomic E-state index is 13.9. The van der Waals surface area contributed by atoms with Crippen LogP contribution in [-0.4, -0.2) is 47.8 Å². The molecule has 0 unspecified atom stereocenters. The number of nitrogens with zero attached hydrogens (tertiary/aromatic N) is 4. The van der Waals surface area contributed by atoms with Crippen LogP contribution in [0.2, 0.25) is 0 Å². The Labute approximate surface area is 219 Å². The second-order valence-corrected chi connectivity index (χ2v) is 10.6. The number of phosphoric ester groups is 1. The van der Waals surface area contributed by atoms with Crippen LogP contribution in [0.1, 0.15) is 30.0 Å². The third-order valence-corrected chi connectivity index (χ3v) is 7.30. The van der Waals surface area contributed by atoms with E-state index in [4.69, 9.17) is 9.79 Å². The highest BCUT2D eigenvalue weighted by atomic mass is 31.2. The molecule has 1 aliphatic rings. The molecule has 0 aliphatic carbocycles. The van der Waals surface area contributed by atoms with Gasteiger partial charge in [-0.05, 0) is 48.7 Å². The predicted molar refractivity (Wildman–Crippen MR) is 135 cm³/mol. The van der Waals surface area contributed by atoms with Crippen LogP contribution >= 0.6 is 7.82 Å². The van der Waals surface area contributed by atoms with E-state index in [1.165, 1.54) is 6.07 Å². The summed E-state index contributed by atoms with van der Waals surface area (Å²) in [5.74, 6) is -0.141. The second kappa shape index (κ2) is 10.2. The van der Waals surface area contributed by atoms with Crippen molar-refractivity contribution in [2.45, 2.75) is 38.2 Å². The molecule has 1 amide bonds. The lowest BCUT2D eigenvalue weighted by molar-refractivity contribution is -0.136. The molecular formula is C25H24F3N4O6P. The molecule has 0 saturated carbocycles. The number of halogens is 3. The zero-order chi connectivity index (χ0) is 27.9. The first-order chi connectivity index (χ1) is 18.4. The predicted octanol–water partition coefficient (Wildman–Crippen LogP) is 3.84. The lowest BCUT2D eigenvalue weighted by Gasteiger charge is -2.33. The van der Waals surface area contributed by atoms with E-state index in [0.29, 0.717) is 0 Å². The molecule has 14 heteroatoms. The van der Waals surface area contributed by atoms with Crippen LogP contribution in [0.25, 0.3) is 21.9 Å². The summed E-state index contributed by atoms with van der Waals surface area (Å²) < 4.78 is 59.2. The van der Waals surface area contributed by atoms with Gasteiger partial charge in [0.25, 0.3) is 0 Å². The molecule has 0 spiro atoms. The van der Waals surface area contributed by atoms with Crippen molar-refractivity contribution in [2.24, 2.45) is 0 Å². The van der Waals surface area contributed by atoms with Gasteiger partial charge in [0.05, 0.1) is 28.5 Å². The molecule has 39 heavy (non-hydrogen) atoms. The van der Waals surface area contributed by atoms with Crippen molar-refractivity contribution in [1.82, 2.24) is 19.0 Å². The minimum absolute atomic E-state index is 0.141. The van der Waals surface area contributed by atoms with Gasteiger partial charge in [0.2, 0.25) is 5.91 Å². The number of imidazole rings is 1. The maximum absolute atomic E-state index is 13.9. The largest absolute Gasteiger partial charge is 0.471 e. The highest BCUT2D eigenvalue weighted by molar-refractivity contribution is 7.46. The highest BCUT2D eigenvalue weighted by Crippen LogP contribution is 2.39. The van der Waals surface area contributed by atoms with Crippen LogP contribution < -0.4 is 5.69 Å². The zero-order valence-electron chi connectivity index (χ0n) is 20.4. The number of amides is 1. The fourth-order valence-electron chi connectivity index (χ4n) is 5.05. The third-order valence-electron chi connectivity index (χ3n) is 6.85. The van der Waals surface area contributed by atoms with Crippen molar-refractivity contribution in [1.29, 1.82) is 0 Å². The van der Waals surface area contributed by atoms with Gasteiger partial charge in [-0.15, -0.1) is 0 Å². The van der Waals surface area contributed by atoms with Crippen molar-refractivity contribution >= 4 is 35.7 Å². The van der Waals surface area contributed by atoms with E-state index in [2.05, 4.69) is 9.51 Å². The molecule has 2 aromatic heterocycles. The summed E-state index contributed by atoms with van der Waals surface area (Å²) in [7, 11) is -5.00. The molecule has 1 aliphatic heterocycles. The average Bonchev–Trinajstić information content (AvgIpc) is 3.17. The Morgan fingerprint density at radius 1 is 1.10 bits per heavy atom. The van der Waals surface area contributed by atoms with Crippen LogP contribution in [0.5, 0.6) is 0 Å². The van der Waals surface area contributed by atoms with Crippen LogP contribution in [0, 0.1) is 0 Å². The van der Waals surface area contributed by atoms with Crippen molar-refractivity contribution in [3.63, 3.8) is 0 Å². The highest BCUT2D eigenvalue weighted by Gasteiger charge is 2.37. The average molecular weight is 564 g/mol. The summed E-state index contributed by atoms with van der Waals surface area (Å²) in [6.45, 7) is -0.470. The summed E-state index contributed by atoms with van der Waals surface area (Å²) in [6, 6.07) is 11.8. The van der Waals surface area contributed by atoms with Crippen LogP contribution in [0.4, 0.5) is 13.2 Å². The molecule has 5 rings (SSSR count). The summed E-state index contributed by atoms with van der Waals surface area (Å²) in [5.41, 5.74) is -0.863. The summed E-state index contributed by atoms with van der Waals surface area (Å²) >= 11 is 0. The Bertz CT molecular complexity index is 1650. The molecule has 1 fully saturated rings. The smallest absolute Gasteiger partial charge is 0.342 e. The first-order valence-electron chi connectivity index (χ1n) is 12.0. The van der Waals surface area contributed by atoms with Gasteiger partial charge in [-0.25, -0.2) is 9.36 Å². The summed E-state index contributed by atoms with van der Waals surface area (Å²) in [5, 5.41) is 0.903. The number of phosphoric acid groups is 1. The Morgan fingerprint density at radius 3 is 2.54 bits per heavy atom. The van der Waals surface area contributed by atoms with Crippen molar-refractivity contribution in [3.05, 3.63) is 76.3 Å². The molecule has 2 N–H and O–H groups in total. The second-order valence-electron chi connectivity index (χ2n) is 9.32. The number of para-hydroxylation sites is 1. The molecule has 4 aromatic rings. The van der Waals surface area contributed by atoms with Crippen LogP contribution in [0.3, 0.4) is 0 Å². The minimum atomic E-state index is -5.00. The van der Waals surface area contributed by atoms with Gasteiger partial charge in [-0.1, -0.05) is 18.2 Å². The topological polar surface area (TPSA) is 127 Å². The van der Waals surface area contributed by atoms with E-state index in [1.54, 1.807) is 17.2 Å². The summed E-state index contributed by atoms with van der Waals surface area (Å²) in [4.78, 5) is 50.3. The lowest BCUT2D eigenvalue weighted by Crippen LogP contribution is -2.41. The molecule has 1 saturated heterocycles. The fourth-order valence-corrected chi connectivity index (χ4v) is 5.32. The number of fused-ring (bicyclic) bond motifs is 2. The van der Waals surface area contributed by atoms with Gasteiger partial charge in [-0.2, -0.15) is 13.2 Å². The third kappa shape index (κ3) is 5.62. The van der Waals surface area contributed by atoms with E-state index in [0.717, 1.165) is 37.7 Å². The Hall–Kier alpha value is -3.51. The van der Waals surface area contributed by atoms with Gasteiger partial charge in [-0.3, -0.25) is 23.4 Å². The number of rotatable bonds is 6. The van der Waals surface area contributed by atoms with E-state index >= 15 is 0 Å². The number of alkyl halides is 3. The number of hydrogen-bond acceptors (Lipinski definition) is 5. The molecule has 0 bridgehead atoms. The van der Waals surface area contributed by atoms with E-state index in [-0.39, 0.29) is 49.3 Å². The molecule has 10 nitrogen and oxygen atoms in total. The first-order valence-corrected chi connectivity index (χ1v) is 13.6. The molecule has 206 valence electrons. The molecule has 3 heterocycles. The van der Waals surface area contributed by atoms with Gasteiger partial charge in [0.1, 0.15) is 6.73 Å². The first kappa shape index (κ1) is 27.1. The minimum Gasteiger partial charge on any atom is -0.342 e. The molecular weight excluding hydrogens is 540 g/mol. The normalized spacial score (nSPS) is 15.4. The van der Waals surface area contributed by atoms with Crippen molar-refractivity contribution < 1.29 is 36.8 Å². The summed E-state index contributed by atoms with van der Waals surface area (Å²) in [6.07, 6.45) is -2.51. The standard InChI is InChI=1S/C25H24F3N4O6P/c26-25(27,28)19-4-1-5-21-23(19)32(24(34)31(21)15-38-39(35,36)37)18-8-11-30(12-9-18)22(33)14-16-6-7-20-17(13-16)3-2-10-29-20/h1-7,10,13,18H,8-9,11-12,14-15H2,(H2,35,36,37). The number of pyridine rings is 1. The van der Waals surface area contributed by atoms with Crippen molar-refractivity contribution in [3.8, 4) is 0 Å². The maximum Gasteiger partial charge on any atom is 0.471 e. The quantitative estimate of drug-likeness (QED) is 0.341. The molecule has 2 aromatic carbocycles. The van der Waals surface area contributed by atoms with E-state index in [9.17, 15) is 27.3 Å². The fraction of sp³-hybridized carbons (Fsp3) is 0.320. The zero-order valence-corrected chi connectivity index (χ0v) is 21.3. The Morgan fingerprint density at radius 2 is 1.85 bits per heavy atom. The van der Waals surface area contributed by atoms with Gasteiger partial charge < -0.3 is 14.7 Å². The number of carbonyl (C=O) groups is 1. The Kier molecular flexibility index (Phi) is 7.10. The van der Waals surface area contributed by atoms with Gasteiger partial charge in [0, 0.05) is 30.7 Å². The number of likely N-dealkylation sites (tertiary alicyclic amines) is 1. The van der Waals surface area contributed by atoms with Gasteiger partial charge in [0.15, 0.2) is 0 Å². The molecule has 0 atom stereocenters. The van der Waals surface area contributed by atoms with E-state index in [1.807, 2.05) is 24.3 Å². The number of aromatic nitrogens is 3. The number of hydrogen-bond donors (Lipinski definition) is 2. The number of benzene rings is 2. The van der Waals surface area contributed by atoms with E-state index < -0.39 is 38.0 Å². The van der Waals surface area contributed by atoms with Gasteiger partial charge >= 0.3 is 19.7 Å². The van der Waals surface area contributed by atoms with Crippen LogP contribution in [0.15, 0.2) is 59.5 Å². The number of piperidine rings is 1. The SMILES string of the molecule is O=C(Cc1ccc2ncccc2c1)N1CCC(n2c(=O)n(COP(=O)(O)O)c3cccc(C(F)(F)F)c32)CC1. The Balaban J connectivity index is 1.39. The number of carbonyl (C=O) groups excluding carboxylic acids is 1. The van der Waals surface area contributed by atoms with Crippen LogP contribution in [-0.2, 0) is 33.2 Å². The lowest BCUT2D eigenvalue weighted by atomic mass is 10.0. The monoisotopic (exact) mass is 564 g/mol. The molecule has 0 radical (unpaired) electrons.